The highest BCUT2D eigenvalue weighted by atomic mass is 32.1. The Kier molecular flexibility index (Phi) is 6.56. The molecule has 0 bridgehead atoms. The Bertz CT molecular complexity index is 1230. The zero-order valence-electron chi connectivity index (χ0n) is 17.3. The lowest BCUT2D eigenvalue weighted by Crippen LogP contribution is -2.26. The van der Waals surface area contributed by atoms with Gasteiger partial charge in [-0.2, -0.15) is 0 Å². The molecule has 0 atom stereocenters. The summed E-state index contributed by atoms with van der Waals surface area (Å²) in [6, 6.07) is 20.7. The quantitative estimate of drug-likeness (QED) is 0.350. The van der Waals surface area contributed by atoms with Crippen molar-refractivity contribution >= 4 is 17.2 Å². The Hall–Kier alpha value is -3.58. The van der Waals surface area contributed by atoms with Gasteiger partial charge in [0.1, 0.15) is 23.1 Å². The van der Waals surface area contributed by atoms with E-state index in [0.717, 1.165) is 23.3 Å². The summed E-state index contributed by atoms with van der Waals surface area (Å²) < 4.78 is 32.4. The van der Waals surface area contributed by atoms with E-state index >= 15 is 0 Å². The zero-order chi connectivity index (χ0) is 22.5. The van der Waals surface area contributed by atoms with Gasteiger partial charge in [0.05, 0.1) is 5.56 Å². The van der Waals surface area contributed by atoms with E-state index in [9.17, 15) is 13.6 Å². The Morgan fingerprint density at radius 1 is 0.969 bits per heavy atom. The Labute approximate surface area is 188 Å². The molecule has 7 heteroatoms. The highest BCUT2D eigenvalue weighted by Crippen LogP contribution is 2.33. The fraction of sp³-hybridized carbons (Fsp3) is 0.120. The number of rotatable bonds is 7. The molecule has 3 aromatic carbocycles. The molecule has 0 unspecified atom stereocenters. The first-order chi connectivity index (χ1) is 15.5. The van der Waals surface area contributed by atoms with Crippen LogP contribution in [0.5, 0.6) is 5.75 Å². The number of halogens is 2. The second-order valence-corrected chi connectivity index (χ2v) is 8.08. The minimum absolute atomic E-state index is 0.0746. The van der Waals surface area contributed by atoms with Gasteiger partial charge in [0.25, 0.3) is 5.91 Å². The lowest BCUT2D eigenvalue weighted by molar-refractivity contribution is 0.0780. The lowest BCUT2D eigenvalue weighted by atomic mass is 10.2. The van der Waals surface area contributed by atoms with Gasteiger partial charge >= 0.3 is 0 Å². The number of aromatic nitrogens is 1. The van der Waals surface area contributed by atoms with Gasteiger partial charge in [0, 0.05) is 19.0 Å². The third-order valence-corrected chi connectivity index (χ3v) is 5.70. The number of nitrogens with zero attached hydrogens (tertiary/aromatic N) is 2. The van der Waals surface area contributed by atoms with E-state index in [1.165, 1.54) is 17.4 Å². The van der Waals surface area contributed by atoms with Gasteiger partial charge < -0.3 is 9.64 Å². The van der Waals surface area contributed by atoms with Crippen LogP contribution in [-0.4, -0.2) is 22.8 Å². The van der Waals surface area contributed by atoms with Crippen molar-refractivity contribution in [1.29, 1.82) is 0 Å². The highest BCUT2D eigenvalue weighted by molar-refractivity contribution is 7.13. The Morgan fingerprint density at radius 3 is 2.50 bits per heavy atom. The number of para-hydroxylation sites is 1. The molecule has 0 aliphatic carbocycles. The molecule has 0 N–H and O–H groups in total. The molecule has 1 amide bonds. The summed E-state index contributed by atoms with van der Waals surface area (Å²) in [6.45, 7) is 0.561. The monoisotopic (exact) mass is 450 g/mol. The number of carbonyl (C=O) groups excluding carboxylic acids is 1. The largest absolute Gasteiger partial charge is 0.488 e. The molecular formula is C25H20F2N2O2S. The summed E-state index contributed by atoms with van der Waals surface area (Å²) in [7, 11) is 1.74. The molecule has 4 nitrogen and oxygen atoms in total. The van der Waals surface area contributed by atoms with Crippen LogP contribution >= 0.6 is 11.3 Å². The van der Waals surface area contributed by atoms with E-state index in [1.807, 2.05) is 48.5 Å². The summed E-state index contributed by atoms with van der Waals surface area (Å²) in [4.78, 5) is 19.0. The number of amides is 1. The van der Waals surface area contributed by atoms with Crippen LogP contribution in [0.4, 0.5) is 8.78 Å². The molecule has 0 aliphatic rings. The fourth-order valence-corrected chi connectivity index (χ4v) is 4.00. The van der Waals surface area contributed by atoms with E-state index in [1.54, 1.807) is 23.4 Å². The number of carbonyl (C=O) groups is 1. The molecule has 4 aromatic rings. The number of thiazole rings is 1. The van der Waals surface area contributed by atoms with Gasteiger partial charge in [0.15, 0.2) is 11.6 Å². The first kappa shape index (κ1) is 21.6. The maximum Gasteiger partial charge on any atom is 0.273 e. The second-order valence-electron chi connectivity index (χ2n) is 7.22. The molecule has 0 fully saturated rings. The Balaban J connectivity index is 1.49. The van der Waals surface area contributed by atoms with Crippen molar-refractivity contribution < 1.29 is 18.3 Å². The summed E-state index contributed by atoms with van der Waals surface area (Å²) in [5, 5.41) is 2.37. The highest BCUT2D eigenvalue weighted by Gasteiger charge is 2.18. The van der Waals surface area contributed by atoms with E-state index in [2.05, 4.69) is 4.98 Å². The van der Waals surface area contributed by atoms with Crippen LogP contribution in [0.15, 0.2) is 78.2 Å². The summed E-state index contributed by atoms with van der Waals surface area (Å²) in [5.41, 5.74) is 2.63. The lowest BCUT2D eigenvalue weighted by Gasteiger charge is -2.15. The number of hydrogen-bond donors (Lipinski definition) is 0. The van der Waals surface area contributed by atoms with E-state index in [-0.39, 0.29) is 12.5 Å². The standard InChI is InChI=1S/C25H20F2N2O2S/c1-29(14-17-7-3-2-4-8-17)25(30)22-16-32-24(28-22)19-9-5-6-10-23(19)31-15-18-11-12-20(26)21(27)13-18/h2-13,16H,14-15H2,1H3. The molecule has 32 heavy (non-hydrogen) atoms. The molecule has 162 valence electrons. The van der Waals surface area contributed by atoms with E-state index in [4.69, 9.17) is 4.74 Å². The van der Waals surface area contributed by atoms with Crippen molar-refractivity contribution in [3.05, 3.63) is 107 Å². The van der Waals surface area contributed by atoms with Crippen LogP contribution in [0.3, 0.4) is 0 Å². The van der Waals surface area contributed by atoms with Gasteiger partial charge in [-0.05, 0) is 35.4 Å². The molecule has 4 rings (SSSR count). The van der Waals surface area contributed by atoms with Crippen molar-refractivity contribution in [2.24, 2.45) is 0 Å². The molecule has 0 spiro atoms. The molecule has 0 aliphatic heterocycles. The van der Waals surface area contributed by atoms with Gasteiger partial charge in [-0.15, -0.1) is 11.3 Å². The number of hydrogen-bond acceptors (Lipinski definition) is 4. The van der Waals surface area contributed by atoms with Crippen LogP contribution < -0.4 is 4.74 Å². The van der Waals surface area contributed by atoms with Crippen LogP contribution in [-0.2, 0) is 13.2 Å². The molecule has 0 saturated heterocycles. The zero-order valence-corrected chi connectivity index (χ0v) is 18.1. The second kappa shape index (κ2) is 9.70. The summed E-state index contributed by atoms with van der Waals surface area (Å²) in [6.07, 6.45) is 0. The predicted molar refractivity (Wildman–Crippen MR) is 120 cm³/mol. The maximum atomic E-state index is 13.5. The average Bonchev–Trinajstić information content (AvgIpc) is 3.30. The van der Waals surface area contributed by atoms with Crippen molar-refractivity contribution in [3.8, 4) is 16.3 Å². The molecule has 1 heterocycles. The smallest absolute Gasteiger partial charge is 0.273 e. The van der Waals surface area contributed by atoms with Crippen LogP contribution in [0.1, 0.15) is 21.6 Å². The number of ether oxygens (including phenoxy) is 1. The number of benzene rings is 3. The molecule has 1 aromatic heterocycles. The van der Waals surface area contributed by atoms with Crippen LogP contribution in [0.25, 0.3) is 10.6 Å². The normalized spacial score (nSPS) is 10.7. The summed E-state index contributed by atoms with van der Waals surface area (Å²) >= 11 is 1.35. The van der Waals surface area contributed by atoms with E-state index < -0.39 is 11.6 Å². The Morgan fingerprint density at radius 2 is 1.72 bits per heavy atom. The van der Waals surface area contributed by atoms with Crippen molar-refractivity contribution in [3.63, 3.8) is 0 Å². The van der Waals surface area contributed by atoms with Gasteiger partial charge in [0.2, 0.25) is 0 Å². The average molecular weight is 451 g/mol. The van der Waals surface area contributed by atoms with Crippen molar-refractivity contribution in [2.75, 3.05) is 7.05 Å². The SMILES string of the molecule is CN(Cc1ccccc1)C(=O)c1csc(-c2ccccc2OCc2ccc(F)c(F)c2)n1. The molecule has 0 radical (unpaired) electrons. The molecule has 0 saturated carbocycles. The first-order valence-corrected chi connectivity index (χ1v) is 10.8. The van der Waals surface area contributed by atoms with Crippen molar-refractivity contribution in [1.82, 2.24) is 9.88 Å². The van der Waals surface area contributed by atoms with Crippen LogP contribution in [0.2, 0.25) is 0 Å². The van der Waals surface area contributed by atoms with Gasteiger partial charge in [-0.3, -0.25) is 4.79 Å². The molecular weight excluding hydrogens is 430 g/mol. The third-order valence-electron chi connectivity index (χ3n) is 4.83. The minimum atomic E-state index is -0.915. The minimum Gasteiger partial charge on any atom is -0.488 e. The van der Waals surface area contributed by atoms with Gasteiger partial charge in [-0.25, -0.2) is 13.8 Å². The maximum absolute atomic E-state index is 13.5. The van der Waals surface area contributed by atoms with Crippen LogP contribution in [0, 0.1) is 11.6 Å². The van der Waals surface area contributed by atoms with Gasteiger partial charge in [-0.1, -0.05) is 48.5 Å². The van der Waals surface area contributed by atoms with E-state index in [0.29, 0.717) is 28.6 Å². The summed E-state index contributed by atoms with van der Waals surface area (Å²) in [5.74, 6) is -1.44. The third kappa shape index (κ3) is 5.00. The van der Waals surface area contributed by atoms with Crippen molar-refractivity contribution in [2.45, 2.75) is 13.2 Å². The fourth-order valence-electron chi connectivity index (χ4n) is 3.18. The first-order valence-electron chi connectivity index (χ1n) is 9.92. The topological polar surface area (TPSA) is 42.4 Å². The predicted octanol–water partition coefficient (Wildman–Crippen LogP) is 5.94.